The monoisotopic (exact) mass is 222 g/mol. The predicted octanol–water partition coefficient (Wildman–Crippen LogP) is 2.42. The fraction of sp³-hybridized carbons (Fsp3) is 0.500. The molecule has 0 aliphatic carbocycles. The van der Waals surface area contributed by atoms with E-state index in [-0.39, 0.29) is 0 Å². The molecule has 0 aromatic heterocycles. The number of rotatable bonds is 3. The van der Waals surface area contributed by atoms with Gasteiger partial charge in [0, 0.05) is 22.4 Å². The highest BCUT2D eigenvalue weighted by molar-refractivity contribution is 7.99. The van der Waals surface area contributed by atoms with Gasteiger partial charge in [-0.1, -0.05) is 12.1 Å². The van der Waals surface area contributed by atoms with Crippen LogP contribution in [0.2, 0.25) is 0 Å². The van der Waals surface area contributed by atoms with E-state index in [9.17, 15) is 0 Å². The van der Waals surface area contributed by atoms with Crippen LogP contribution in [0.3, 0.4) is 0 Å². The number of benzene rings is 1. The van der Waals surface area contributed by atoms with E-state index in [4.69, 9.17) is 5.73 Å². The van der Waals surface area contributed by atoms with Gasteiger partial charge in [-0.3, -0.25) is 0 Å². The summed E-state index contributed by atoms with van der Waals surface area (Å²) in [6.45, 7) is 3.24. The van der Waals surface area contributed by atoms with Crippen LogP contribution in [0.1, 0.15) is 18.4 Å². The summed E-state index contributed by atoms with van der Waals surface area (Å²) in [4.78, 5) is 1.23. The third kappa shape index (κ3) is 2.67. The van der Waals surface area contributed by atoms with Gasteiger partial charge in [0.25, 0.3) is 0 Å². The van der Waals surface area contributed by atoms with Crippen LogP contribution in [0.25, 0.3) is 0 Å². The van der Waals surface area contributed by atoms with E-state index < -0.39 is 0 Å². The van der Waals surface area contributed by atoms with E-state index in [2.05, 4.69) is 30.4 Å². The molecule has 1 unspecified atom stereocenters. The van der Waals surface area contributed by atoms with Crippen LogP contribution in [-0.4, -0.2) is 18.3 Å². The maximum absolute atomic E-state index is 6.03. The van der Waals surface area contributed by atoms with Crippen molar-refractivity contribution in [2.45, 2.75) is 30.7 Å². The number of hydrogen-bond acceptors (Lipinski definition) is 3. The Morgan fingerprint density at radius 2 is 2.40 bits per heavy atom. The maximum Gasteiger partial charge on any atom is 0.0481 e. The lowest BCUT2D eigenvalue weighted by Gasteiger charge is -2.11. The van der Waals surface area contributed by atoms with E-state index in [1.165, 1.54) is 29.8 Å². The van der Waals surface area contributed by atoms with Crippen molar-refractivity contribution in [3.8, 4) is 0 Å². The molecule has 2 rings (SSSR count). The van der Waals surface area contributed by atoms with Gasteiger partial charge in [0.05, 0.1) is 0 Å². The summed E-state index contributed by atoms with van der Waals surface area (Å²) in [5.41, 5.74) is 8.15. The zero-order valence-corrected chi connectivity index (χ0v) is 9.94. The van der Waals surface area contributed by atoms with Gasteiger partial charge >= 0.3 is 0 Å². The fourth-order valence-corrected chi connectivity index (χ4v) is 3.03. The highest BCUT2D eigenvalue weighted by Crippen LogP contribution is 2.28. The van der Waals surface area contributed by atoms with Gasteiger partial charge in [-0.05, 0) is 37.9 Å². The summed E-state index contributed by atoms with van der Waals surface area (Å²) in [7, 11) is 0. The first-order valence-electron chi connectivity index (χ1n) is 5.48. The molecule has 0 spiro atoms. The van der Waals surface area contributed by atoms with Crippen molar-refractivity contribution >= 4 is 17.4 Å². The Kier molecular flexibility index (Phi) is 3.54. The van der Waals surface area contributed by atoms with Crippen molar-refractivity contribution < 1.29 is 0 Å². The lowest BCUT2D eigenvalue weighted by Crippen LogP contribution is -2.23. The highest BCUT2D eigenvalue weighted by Gasteiger charge is 2.14. The van der Waals surface area contributed by atoms with E-state index in [1.807, 2.05) is 11.8 Å². The van der Waals surface area contributed by atoms with Gasteiger partial charge < -0.3 is 11.1 Å². The Balaban J connectivity index is 1.95. The molecule has 0 amide bonds. The molecule has 1 aromatic carbocycles. The van der Waals surface area contributed by atoms with Crippen molar-refractivity contribution in [2.24, 2.45) is 0 Å². The predicted molar refractivity (Wildman–Crippen MR) is 67.3 cm³/mol. The lowest BCUT2D eigenvalue weighted by atomic mass is 10.2. The third-order valence-electron chi connectivity index (χ3n) is 2.89. The average Bonchev–Trinajstić information content (AvgIpc) is 2.73. The van der Waals surface area contributed by atoms with Crippen molar-refractivity contribution in [3.05, 3.63) is 23.8 Å². The van der Waals surface area contributed by atoms with Crippen LogP contribution < -0.4 is 11.1 Å². The number of nitrogens with one attached hydrogen (secondary N) is 1. The molecule has 2 nitrogen and oxygen atoms in total. The summed E-state index contributed by atoms with van der Waals surface area (Å²) in [5, 5.41) is 3.50. The lowest BCUT2D eigenvalue weighted by molar-refractivity contribution is 0.674. The largest absolute Gasteiger partial charge is 0.398 e. The van der Waals surface area contributed by atoms with Crippen LogP contribution in [0.4, 0.5) is 5.69 Å². The fourth-order valence-electron chi connectivity index (χ4n) is 1.87. The van der Waals surface area contributed by atoms with Gasteiger partial charge in [-0.15, -0.1) is 11.8 Å². The second-order valence-electron chi connectivity index (χ2n) is 4.09. The van der Waals surface area contributed by atoms with Crippen molar-refractivity contribution in [3.63, 3.8) is 0 Å². The Hall–Kier alpha value is -0.670. The quantitative estimate of drug-likeness (QED) is 0.609. The molecule has 0 saturated carbocycles. The summed E-state index contributed by atoms with van der Waals surface area (Å²) < 4.78 is 0. The second kappa shape index (κ2) is 4.90. The van der Waals surface area contributed by atoms with Gasteiger partial charge in [0.15, 0.2) is 0 Å². The van der Waals surface area contributed by atoms with Crippen molar-refractivity contribution in [1.82, 2.24) is 5.32 Å². The number of nitrogen functional groups attached to an aromatic ring is 1. The minimum Gasteiger partial charge on any atom is -0.398 e. The number of nitrogens with two attached hydrogens (primary N) is 1. The summed E-state index contributed by atoms with van der Waals surface area (Å²) in [5.74, 6) is 1.13. The summed E-state index contributed by atoms with van der Waals surface area (Å²) in [6, 6.07) is 6.93. The summed E-state index contributed by atoms with van der Waals surface area (Å²) >= 11 is 1.87. The smallest absolute Gasteiger partial charge is 0.0481 e. The Labute approximate surface area is 95.6 Å². The van der Waals surface area contributed by atoms with Gasteiger partial charge in [-0.25, -0.2) is 0 Å². The van der Waals surface area contributed by atoms with E-state index >= 15 is 0 Å². The first-order chi connectivity index (χ1) is 7.27. The summed E-state index contributed by atoms with van der Waals surface area (Å²) in [6.07, 6.45) is 2.62. The van der Waals surface area contributed by atoms with Crippen molar-refractivity contribution in [2.75, 3.05) is 18.0 Å². The second-order valence-corrected chi connectivity index (χ2v) is 5.15. The highest BCUT2D eigenvalue weighted by atomic mass is 32.2. The average molecular weight is 222 g/mol. The van der Waals surface area contributed by atoms with Gasteiger partial charge in [-0.2, -0.15) is 0 Å². The molecule has 1 atom stereocenters. The number of para-hydroxylation sites is 1. The minimum absolute atomic E-state index is 0.676. The van der Waals surface area contributed by atoms with Gasteiger partial charge in [0.1, 0.15) is 0 Å². The first-order valence-corrected chi connectivity index (χ1v) is 6.47. The van der Waals surface area contributed by atoms with Crippen LogP contribution in [0.15, 0.2) is 23.1 Å². The molecule has 3 heteroatoms. The normalized spacial score (nSPS) is 20.7. The molecule has 1 saturated heterocycles. The molecular formula is C12H18N2S. The SMILES string of the molecule is Cc1cccc(SCC2CCCN2)c1N. The van der Waals surface area contributed by atoms with E-state index in [0.29, 0.717) is 6.04 Å². The molecule has 0 bridgehead atoms. The molecule has 1 heterocycles. The molecular weight excluding hydrogens is 204 g/mol. The van der Waals surface area contributed by atoms with E-state index in [0.717, 1.165) is 11.4 Å². The molecule has 1 aliphatic rings. The van der Waals surface area contributed by atoms with Crippen molar-refractivity contribution in [1.29, 1.82) is 0 Å². The Morgan fingerprint density at radius 1 is 1.53 bits per heavy atom. The zero-order chi connectivity index (χ0) is 10.7. The number of hydrogen-bond donors (Lipinski definition) is 2. The number of thioether (sulfide) groups is 1. The van der Waals surface area contributed by atoms with Crippen LogP contribution in [-0.2, 0) is 0 Å². The number of anilines is 1. The first kappa shape index (κ1) is 10.8. The maximum atomic E-state index is 6.03. The van der Waals surface area contributed by atoms with E-state index in [1.54, 1.807) is 0 Å². The minimum atomic E-state index is 0.676. The Bertz CT molecular complexity index is 332. The molecule has 82 valence electrons. The topological polar surface area (TPSA) is 38.0 Å². The number of aryl methyl sites for hydroxylation is 1. The van der Waals surface area contributed by atoms with Gasteiger partial charge in [0.2, 0.25) is 0 Å². The van der Waals surface area contributed by atoms with Crippen LogP contribution in [0.5, 0.6) is 0 Å². The van der Waals surface area contributed by atoms with Crippen LogP contribution in [0, 0.1) is 6.92 Å². The zero-order valence-electron chi connectivity index (χ0n) is 9.12. The third-order valence-corrected chi connectivity index (χ3v) is 4.12. The Morgan fingerprint density at radius 3 is 3.13 bits per heavy atom. The molecule has 15 heavy (non-hydrogen) atoms. The molecule has 1 aromatic rings. The molecule has 1 fully saturated rings. The van der Waals surface area contributed by atoms with Crippen LogP contribution >= 0.6 is 11.8 Å². The molecule has 1 aliphatic heterocycles. The standard InChI is InChI=1S/C12H18N2S/c1-9-4-2-6-11(12(9)13)15-8-10-5-3-7-14-10/h2,4,6,10,14H,3,5,7-8,13H2,1H3. The molecule has 3 N–H and O–H groups in total. The molecule has 0 radical (unpaired) electrons.